The van der Waals surface area contributed by atoms with Gasteiger partial charge in [0.15, 0.2) is 0 Å². The molecule has 2 aliphatic rings. The molecular formula is C18H14F2N2O2. The van der Waals surface area contributed by atoms with E-state index in [2.05, 4.69) is 5.32 Å². The van der Waals surface area contributed by atoms with E-state index in [1.807, 2.05) is 24.3 Å². The summed E-state index contributed by atoms with van der Waals surface area (Å²) in [5, 5.41) is 2.73. The fourth-order valence-corrected chi connectivity index (χ4v) is 3.52. The lowest BCUT2D eigenvalue weighted by Crippen LogP contribution is -2.47. The fraction of sp³-hybridized carbons (Fsp3) is 0.222. The first-order valence-electron chi connectivity index (χ1n) is 7.64. The van der Waals surface area contributed by atoms with Gasteiger partial charge >= 0.3 is 6.03 Å². The van der Waals surface area contributed by atoms with Crippen LogP contribution in [0.1, 0.15) is 16.7 Å². The number of hydrogen-bond donors (Lipinski definition) is 1. The average molecular weight is 328 g/mol. The Bertz CT molecular complexity index is 821. The molecule has 24 heavy (non-hydrogen) atoms. The molecule has 6 heteroatoms. The molecule has 1 spiro atoms. The number of imide groups is 1. The molecule has 2 aromatic rings. The highest BCUT2D eigenvalue weighted by molar-refractivity contribution is 6.07. The van der Waals surface area contributed by atoms with Gasteiger partial charge in [0.25, 0.3) is 5.91 Å². The van der Waals surface area contributed by atoms with Crippen LogP contribution in [-0.4, -0.2) is 22.4 Å². The van der Waals surface area contributed by atoms with Crippen molar-refractivity contribution in [2.45, 2.75) is 24.9 Å². The van der Waals surface area contributed by atoms with Crippen molar-refractivity contribution in [2.75, 3.05) is 0 Å². The van der Waals surface area contributed by atoms with Crippen LogP contribution in [0.15, 0.2) is 42.5 Å². The Kier molecular flexibility index (Phi) is 3.16. The second-order valence-electron chi connectivity index (χ2n) is 6.23. The molecule has 1 N–H and O–H groups in total. The van der Waals surface area contributed by atoms with Crippen LogP contribution in [0.3, 0.4) is 0 Å². The summed E-state index contributed by atoms with van der Waals surface area (Å²) >= 11 is 0. The van der Waals surface area contributed by atoms with E-state index in [-0.39, 0.29) is 5.56 Å². The lowest BCUT2D eigenvalue weighted by Gasteiger charge is -2.20. The number of urea groups is 1. The molecule has 1 heterocycles. The van der Waals surface area contributed by atoms with Crippen LogP contribution in [0, 0.1) is 11.6 Å². The van der Waals surface area contributed by atoms with Crippen molar-refractivity contribution in [1.82, 2.24) is 10.2 Å². The monoisotopic (exact) mass is 328 g/mol. The molecule has 2 aromatic carbocycles. The lowest BCUT2D eigenvalue weighted by molar-refractivity contribution is -0.131. The minimum atomic E-state index is -1.04. The van der Waals surface area contributed by atoms with Gasteiger partial charge in [-0.1, -0.05) is 30.3 Å². The molecule has 3 amide bonds. The van der Waals surface area contributed by atoms with Gasteiger partial charge in [-0.2, -0.15) is 0 Å². The van der Waals surface area contributed by atoms with Crippen molar-refractivity contribution in [2.24, 2.45) is 0 Å². The number of carbonyl (C=O) groups excluding carboxylic acids is 2. The molecule has 0 atom stereocenters. The summed E-state index contributed by atoms with van der Waals surface area (Å²) in [5.41, 5.74) is 0.686. The van der Waals surface area contributed by atoms with Gasteiger partial charge in [0, 0.05) is 18.4 Å². The van der Waals surface area contributed by atoms with E-state index in [9.17, 15) is 18.4 Å². The molecule has 1 aliphatic carbocycles. The third-order valence-corrected chi connectivity index (χ3v) is 4.73. The van der Waals surface area contributed by atoms with Crippen molar-refractivity contribution < 1.29 is 18.4 Å². The van der Waals surface area contributed by atoms with Crippen molar-refractivity contribution in [1.29, 1.82) is 0 Å². The number of amides is 3. The van der Waals surface area contributed by atoms with E-state index >= 15 is 0 Å². The van der Waals surface area contributed by atoms with Gasteiger partial charge in [-0.3, -0.25) is 9.69 Å². The van der Waals surface area contributed by atoms with Crippen LogP contribution in [0.5, 0.6) is 0 Å². The number of fused-ring (bicyclic) bond motifs is 1. The van der Waals surface area contributed by atoms with Gasteiger partial charge in [0.1, 0.15) is 17.2 Å². The minimum Gasteiger partial charge on any atom is -0.322 e. The molecule has 4 rings (SSSR count). The maximum absolute atomic E-state index is 13.8. The predicted molar refractivity (Wildman–Crippen MR) is 82.0 cm³/mol. The summed E-state index contributed by atoms with van der Waals surface area (Å²) < 4.78 is 27.7. The molecule has 0 saturated carbocycles. The number of hydrogen-bond acceptors (Lipinski definition) is 2. The Morgan fingerprint density at radius 1 is 0.958 bits per heavy atom. The highest BCUT2D eigenvalue weighted by atomic mass is 19.1. The summed E-state index contributed by atoms with van der Waals surface area (Å²) in [7, 11) is 0. The Labute approximate surface area is 137 Å². The Morgan fingerprint density at radius 2 is 1.54 bits per heavy atom. The molecule has 0 radical (unpaired) electrons. The standard InChI is InChI=1S/C18H14F2N2O2/c19-14-6-3-7-15(20)13(14)10-22-16(23)18(21-17(22)24)8-11-4-1-2-5-12(11)9-18/h1-7H,8-10H2,(H,21,24). The van der Waals surface area contributed by atoms with Gasteiger partial charge in [0.05, 0.1) is 6.54 Å². The van der Waals surface area contributed by atoms with E-state index in [4.69, 9.17) is 0 Å². The Morgan fingerprint density at radius 3 is 2.12 bits per heavy atom. The number of benzene rings is 2. The average Bonchev–Trinajstić information content (AvgIpc) is 3.02. The van der Waals surface area contributed by atoms with Crippen molar-refractivity contribution in [3.8, 4) is 0 Å². The summed E-state index contributed by atoms with van der Waals surface area (Å²) in [6.07, 6.45) is 0.786. The van der Waals surface area contributed by atoms with E-state index in [0.717, 1.165) is 28.2 Å². The van der Waals surface area contributed by atoms with Gasteiger partial charge in [0.2, 0.25) is 0 Å². The number of nitrogens with one attached hydrogen (secondary N) is 1. The summed E-state index contributed by atoms with van der Waals surface area (Å²) in [5.74, 6) is -1.98. The molecular weight excluding hydrogens is 314 g/mol. The SMILES string of the molecule is O=C1NC2(Cc3ccccc3C2)C(=O)N1Cc1c(F)cccc1F. The Balaban J connectivity index is 1.64. The first-order chi connectivity index (χ1) is 11.5. The molecule has 1 fully saturated rings. The zero-order chi connectivity index (χ0) is 16.9. The smallest absolute Gasteiger partial charge is 0.322 e. The molecule has 0 aromatic heterocycles. The molecule has 4 nitrogen and oxygen atoms in total. The van der Waals surface area contributed by atoms with Crippen LogP contribution in [0.2, 0.25) is 0 Å². The molecule has 1 saturated heterocycles. The number of rotatable bonds is 2. The van der Waals surface area contributed by atoms with E-state index < -0.39 is 35.7 Å². The quantitative estimate of drug-likeness (QED) is 0.862. The van der Waals surface area contributed by atoms with E-state index in [0.29, 0.717) is 12.8 Å². The van der Waals surface area contributed by atoms with Crippen LogP contribution in [0.25, 0.3) is 0 Å². The lowest BCUT2D eigenvalue weighted by atomic mass is 9.96. The molecule has 0 bridgehead atoms. The summed E-state index contributed by atoms with van der Waals surface area (Å²) in [6, 6.07) is 10.4. The second-order valence-corrected chi connectivity index (χ2v) is 6.23. The van der Waals surface area contributed by atoms with E-state index in [1.54, 1.807) is 0 Å². The highest BCUT2D eigenvalue weighted by Crippen LogP contribution is 2.35. The van der Waals surface area contributed by atoms with Gasteiger partial charge in [-0.25, -0.2) is 13.6 Å². The second kappa shape index (κ2) is 5.12. The third-order valence-electron chi connectivity index (χ3n) is 4.73. The number of nitrogens with zero attached hydrogens (tertiary/aromatic N) is 1. The first kappa shape index (κ1) is 14.8. The third kappa shape index (κ3) is 2.10. The summed E-state index contributed by atoms with van der Waals surface area (Å²) in [4.78, 5) is 26.0. The summed E-state index contributed by atoms with van der Waals surface area (Å²) in [6.45, 7) is -0.415. The van der Waals surface area contributed by atoms with Gasteiger partial charge in [-0.15, -0.1) is 0 Å². The van der Waals surface area contributed by atoms with Crippen LogP contribution >= 0.6 is 0 Å². The van der Waals surface area contributed by atoms with Crippen molar-refractivity contribution in [3.63, 3.8) is 0 Å². The highest BCUT2D eigenvalue weighted by Gasteiger charge is 2.54. The molecule has 122 valence electrons. The topological polar surface area (TPSA) is 49.4 Å². The van der Waals surface area contributed by atoms with Gasteiger partial charge in [-0.05, 0) is 23.3 Å². The first-order valence-corrected chi connectivity index (χ1v) is 7.64. The van der Waals surface area contributed by atoms with Crippen LogP contribution in [0.4, 0.5) is 13.6 Å². The van der Waals surface area contributed by atoms with Crippen molar-refractivity contribution >= 4 is 11.9 Å². The predicted octanol–water partition coefficient (Wildman–Crippen LogP) is 2.55. The number of carbonyl (C=O) groups is 2. The zero-order valence-corrected chi connectivity index (χ0v) is 12.7. The maximum Gasteiger partial charge on any atom is 0.325 e. The van der Waals surface area contributed by atoms with Crippen LogP contribution < -0.4 is 5.32 Å². The molecule has 0 unspecified atom stereocenters. The fourth-order valence-electron chi connectivity index (χ4n) is 3.52. The Hall–Kier alpha value is -2.76. The minimum absolute atomic E-state index is 0.284. The van der Waals surface area contributed by atoms with Crippen molar-refractivity contribution in [3.05, 3.63) is 70.8 Å². The van der Waals surface area contributed by atoms with E-state index in [1.165, 1.54) is 6.07 Å². The van der Waals surface area contributed by atoms with Gasteiger partial charge < -0.3 is 5.32 Å². The van der Waals surface area contributed by atoms with Crippen LogP contribution in [-0.2, 0) is 24.2 Å². The largest absolute Gasteiger partial charge is 0.325 e. The normalized spacial score (nSPS) is 18.2. The molecule has 1 aliphatic heterocycles. The maximum atomic E-state index is 13.8. The zero-order valence-electron chi connectivity index (χ0n) is 12.7. The number of halogens is 2.